The number of hydrogen-bond acceptors (Lipinski definition) is 2. The number of benzene rings is 2. The van der Waals surface area contributed by atoms with Crippen LogP contribution in [0.3, 0.4) is 0 Å². The zero-order valence-electron chi connectivity index (χ0n) is 12.3. The SMILES string of the molecule is COc1ccc(CC(Cl)c2ccc(C)c(Cl)c2)cc1OC. The molecule has 0 amide bonds. The Labute approximate surface area is 135 Å². The molecule has 0 bridgehead atoms. The van der Waals surface area contributed by atoms with Gasteiger partial charge in [-0.25, -0.2) is 0 Å². The third-order valence-corrected chi connectivity index (χ3v) is 4.23. The van der Waals surface area contributed by atoms with Crippen molar-refractivity contribution in [2.75, 3.05) is 14.2 Å². The molecule has 0 saturated carbocycles. The third kappa shape index (κ3) is 3.84. The lowest BCUT2D eigenvalue weighted by Gasteiger charge is -2.13. The van der Waals surface area contributed by atoms with E-state index >= 15 is 0 Å². The van der Waals surface area contributed by atoms with Gasteiger partial charge < -0.3 is 9.47 Å². The smallest absolute Gasteiger partial charge is 0.160 e. The monoisotopic (exact) mass is 324 g/mol. The zero-order chi connectivity index (χ0) is 15.4. The van der Waals surface area contributed by atoms with Crippen molar-refractivity contribution in [2.24, 2.45) is 0 Å². The number of ether oxygens (including phenoxy) is 2. The molecule has 1 unspecified atom stereocenters. The molecule has 0 heterocycles. The van der Waals surface area contributed by atoms with Crippen LogP contribution in [0.15, 0.2) is 36.4 Å². The highest BCUT2D eigenvalue weighted by Gasteiger charge is 2.12. The van der Waals surface area contributed by atoms with Crippen LogP contribution in [-0.2, 0) is 6.42 Å². The van der Waals surface area contributed by atoms with E-state index in [1.165, 1.54) is 0 Å². The quantitative estimate of drug-likeness (QED) is 0.705. The lowest BCUT2D eigenvalue weighted by Crippen LogP contribution is -1.98. The van der Waals surface area contributed by atoms with Crippen LogP contribution in [0.25, 0.3) is 0 Å². The molecule has 0 spiro atoms. The Kier molecular flexibility index (Phi) is 5.38. The van der Waals surface area contributed by atoms with Gasteiger partial charge in [0, 0.05) is 5.02 Å². The Morgan fingerprint density at radius 3 is 2.33 bits per heavy atom. The minimum absolute atomic E-state index is 0.138. The Morgan fingerprint density at radius 1 is 1.00 bits per heavy atom. The van der Waals surface area contributed by atoms with Crippen molar-refractivity contribution < 1.29 is 9.47 Å². The molecule has 4 heteroatoms. The predicted molar refractivity (Wildman–Crippen MR) is 88.0 cm³/mol. The van der Waals surface area contributed by atoms with E-state index in [2.05, 4.69) is 0 Å². The molecule has 21 heavy (non-hydrogen) atoms. The van der Waals surface area contributed by atoms with Gasteiger partial charge in [-0.05, 0) is 48.2 Å². The summed E-state index contributed by atoms with van der Waals surface area (Å²) in [4.78, 5) is 0. The minimum atomic E-state index is -0.138. The number of rotatable bonds is 5. The van der Waals surface area contributed by atoms with Gasteiger partial charge in [-0.3, -0.25) is 0 Å². The topological polar surface area (TPSA) is 18.5 Å². The fourth-order valence-corrected chi connectivity index (χ4v) is 2.64. The molecule has 0 fully saturated rings. The molecular weight excluding hydrogens is 307 g/mol. The van der Waals surface area contributed by atoms with E-state index in [-0.39, 0.29) is 5.38 Å². The molecule has 2 aromatic rings. The van der Waals surface area contributed by atoms with Crippen LogP contribution < -0.4 is 9.47 Å². The van der Waals surface area contributed by atoms with Crippen LogP contribution in [0.5, 0.6) is 11.5 Å². The molecule has 1 atom stereocenters. The van der Waals surface area contributed by atoms with Crippen LogP contribution in [0, 0.1) is 6.92 Å². The molecule has 0 N–H and O–H groups in total. The highest BCUT2D eigenvalue weighted by molar-refractivity contribution is 6.31. The van der Waals surface area contributed by atoms with Gasteiger partial charge in [-0.2, -0.15) is 0 Å². The van der Waals surface area contributed by atoms with Gasteiger partial charge in [0.1, 0.15) is 0 Å². The van der Waals surface area contributed by atoms with Crippen molar-refractivity contribution in [1.29, 1.82) is 0 Å². The molecule has 2 aromatic carbocycles. The summed E-state index contributed by atoms with van der Waals surface area (Å²) in [6, 6.07) is 11.8. The van der Waals surface area contributed by atoms with Crippen molar-refractivity contribution in [2.45, 2.75) is 18.7 Å². The van der Waals surface area contributed by atoms with Crippen molar-refractivity contribution in [1.82, 2.24) is 0 Å². The summed E-state index contributed by atoms with van der Waals surface area (Å²) in [7, 11) is 3.25. The van der Waals surface area contributed by atoms with Gasteiger partial charge in [-0.1, -0.05) is 29.8 Å². The van der Waals surface area contributed by atoms with Gasteiger partial charge in [0.2, 0.25) is 0 Å². The molecule has 2 nitrogen and oxygen atoms in total. The average Bonchev–Trinajstić information content (AvgIpc) is 2.49. The summed E-state index contributed by atoms with van der Waals surface area (Å²) >= 11 is 12.7. The van der Waals surface area contributed by atoms with Crippen molar-refractivity contribution in [3.63, 3.8) is 0 Å². The van der Waals surface area contributed by atoms with Crippen LogP contribution in [0.2, 0.25) is 5.02 Å². The first kappa shape index (κ1) is 16.0. The average molecular weight is 325 g/mol. The van der Waals surface area contributed by atoms with E-state index < -0.39 is 0 Å². The Morgan fingerprint density at radius 2 is 1.71 bits per heavy atom. The molecule has 112 valence electrons. The number of alkyl halides is 1. The Balaban J connectivity index is 2.18. The second kappa shape index (κ2) is 7.06. The molecule has 0 aliphatic rings. The third-order valence-electron chi connectivity index (χ3n) is 3.42. The molecule has 0 saturated heterocycles. The van der Waals surface area contributed by atoms with Crippen molar-refractivity contribution in [3.05, 3.63) is 58.1 Å². The second-order valence-corrected chi connectivity index (χ2v) is 5.80. The Hall–Kier alpha value is -1.38. The van der Waals surface area contributed by atoms with E-state index in [1.807, 2.05) is 43.3 Å². The highest BCUT2D eigenvalue weighted by atomic mass is 35.5. The first-order chi connectivity index (χ1) is 10.0. The first-order valence-electron chi connectivity index (χ1n) is 6.66. The summed E-state index contributed by atoms with van der Waals surface area (Å²) in [5, 5.41) is 0.603. The summed E-state index contributed by atoms with van der Waals surface area (Å²) in [6.07, 6.45) is 0.696. The summed E-state index contributed by atoms with van der Waals surface area (Å²) < 4.78 is 10.5. The molecular formula is C17H18Cl2O2. The fraction of sp³-hybridized carbons (Fsp3) is 0.294. The number of methoxy groups -OCH3 is 2. The van der Waals surface area contributed by atoms with Crippen LogP contribution in [0.1, 0.15) is 22.1 Å². The maximum absolute atomic E-state index is 6.50. The number of halogens is 2. The van der Waals surface area contributed by atoms with Gasteiger partial charge in [-0.15, -0.1) is 11.6 Å². The van der Waals surface area contributed by atoms with Gasteiger partial charge in [0.25, 0.3) is 0 Å². The summed E-state index contributed by atoms with van der Waals surface area (Å²) in [5.74, 6) is 1.42. The first-order valence-corrected chi connectivity index (χ1v) is 7.47. The minimum Gasteiger partial charge on any atom is -0.493 e. The maximum atomic E-state index is 6.50. The molecule has 2 rings (SSSR count). The summed E-state index contributed by atoms with van der Waals surface area (Å²) in [6.45, 7) is 1.98. The van der Waals surface area contributed by atoms with Crippen LogP contribution >= 0.6 is 23.2 Å². The second-order valence-electron chi connectivity index (χ2n) is 4.87. The predicted octanol–water partition coefficient (Wildman–Crippen LogP) is 5.19. The van der Waals surface area contributed by atoms with E-state index in [9.17, 15) is 0 Å². The lowest BCUT2D eigenvalue weighted by molar-refractivity contribution is 0.354. The highest BCUT2D eigenvalue weighted by Crippen LogP contribution is 2.32. The zero-order valence-corrected chi connectivity index (χ0v) is 13.8. The largest absolute Gasteiger partial charge is 0.493 e. The molecule has 0 radical (unpaired) electrons. The van der Waals surface area contributed by atoms with Gasteiger partial charge >= 0.3 is 0 Å². The van der Waals surface area contributed by atoms with Crippen molar-refractivity contribution in [3.8, 4) is 11.5 Å². The van der Waals surface area contributed by atoms with Crippen LogP contribution in [0.4, 0.5) is 0 Å². The lowest BCUT2D eigenvalue weighted by atomic mass is 10.0. The fourth-order valence-electron chi connectivity index (χ4n) is 2.14. The normalized spacial score (nSPS) is 12.0. The van der Waals surface area contributed by atoms with Gasteiger partial charge in [0.05, 0.1) is 19.6 Å². The van der Waals surface area contributed by atoms with Gasteiger partial charge in [0.15, 0.2) is 11.5 Å². The van der Waals surface area contributed by atoms with E-state index in [4.69, 9.17) is 32.7 Å². The number of hydrogen-bond donors (Lipinski definition) is 0. The van der Waals surface area contributed by atoms with Crippen molar-refractivity contribution >= 4 is 23.2 Å². The molecule has 0 aromatic heterocycles. The maximum Gasteiger partial charge on any atom is 0.160 e. The standard InChI is InChI=1S/C17H18Cl2O2/c1-11-4-6-13(10-14(11)18)15(19)8-12-5-7-16(20-2)17(9-12)21-3/h4-7,9-10,15H,8H2,1-3H3. The van der Waals surface area contributed by atoms with E-state index in [1.54, 1.807) is 14.2 Å². The van der Waals surface area contributed by atoms with Crippen LogP contribution in [-0.4, -0.2) is 14.2 Å². The molecule has 0 aliphatic heterocycles. The molecule has 0 aliphatic carbocycles. The Bertz CT molecular complexity index is 626. The number of aryl methyl sites for hydroxylation is 1. The van der Waals surface area contributed by atoms with E-state index in [0.29, 0.717) is 17.9 Å². The van der Waals surface area contributed by atoms with E-state index in [0.717, 1.165) is 21.7 Å². The summed E-state index contributed by atoms with van der Waals surface area (Å²) in [5.41, 5.74) is 3.15.